The number of hydrogen-bond donors (Lipinski definition) is 2. The Hall–Kier alpha value is -1.55. The Morgan fingerprint density at radius 1 is 1.77 bits per heavy atom. The SMILES string of the molecule is C=CCNCc1occc1C(=O)O. The molecule has 4 nitrogen and oxygen atoms in total. The highest BCUT2D eigenvalue weighted by atomic mass is 16.4. The fraction of sp³-hybridized carbons (Fsp3) is 0.222. The lowest BCUT2D eigenvalue weighted by molar-refractivity contribution is 0.0694. The third kappa shape index (κ3) is 2.45. The van der Waals surface area contributed by atoms with Crippen LogP contribution in [0.3, 0.4) is 0 Å². The summed E-state index contributed by atoms with van der Waals surface area (Å²) in [5, 5.41) is 11.7. The molecule has 13 heavy (non-hydrogen) atoms. The summed E-state index contributed by atoms with van der Waals surface area (Å²) in [5.41, 5.74) is 0.205. The van der Waals surface area contributed by atoms with Crippen LogP contribution in [0.5, 0.6) is 0 Å². The number of rotatable bonds is 5. The Bertz CT molecular complexity index is 304. The third-order valence-electron chi connectivity index (χ3n) is 1.55. The van der Waals surface area contributed by atoms with E-state index in [1.54, 1.807) is 6.08 Å². The first kappa shape index (κ1) is 9.54. The Morgan fingerprint density at radius 2 is 2.54 bits per heavy atom. The maximum atomic E-state index is 10.6. The topological polar surface area (TPSA) is 62.5 Å². The van der Waals surface area contributed by atoms with Crippen molar-refractivity contribution in [1.82, 2.24) is 5.32 Å². The van der Waals surface area contributed by atoms with Crippen molar-refractivity contribution >= 4 is 5.97 Å². The monoisotopic (exact) mass is 181 g/mol. The van der Waals surface area contributed by atoms with Gasteiger partial charge in [-0.3, -0.25) is 0 Å². The minimum Gasteiger partial charge on any atom is -0.478 e. The molecule has 0 atom stereocenters. The first-order valence-corrected chi connectivity index (χ1v) is 3.87. The lowest BCUT2D eigenvalue weighted by atomic mass is 10.2. The van der Waals surface area contributed by atoms with E-state index in [9.17, 15) is 4.79 Å². The summed E-state index contributed by atoms with van der Waals surface area (Å²) in [6, 6.07) is 1.44. The molecule has 0 unspecified atom stereocenters. The molecule has 0 fully saturated rings. The standard InChI is InChI=1S/C9H11NO3/c1-2-4-10-6-8-7(9(11)12)3-5-13-8/h2-3,5,10H,1,4,6H2,(H,11,12). The molecule has 1 aromatic heterocycles. The van der Waals surface area contributed by atoms with Crippen LogP contribution in [0.15, 0.2) is 29.4 Å². The van der Waals surface area contributed by atoms with Gasteiger partial charge in [0.15, 0.2) is 0 Å². The predicted molar refractivity (Wildman–Crippen MR) is 47.6 cm³/mol. The number of hydrogen-bond acceptors (Lipinski definition) is 3. The van der Waals surface area contributed by atoms with Crippen LogP contribution in [0, 0.1) is 0 Å². The van der Waals surface area contributed by atoms with Gasteiger partial charge in [0.1, 0.15) is 11.3 Å². The Balaban J connectivity index is 2.60. The van der Waals surface area contributed by atoms with Gasteiger partial charge in [-0.05, 0) is 6.07 Å². The highest BCUT2D eigenvalue weighted by molar-refractivity contribution is 5.88. The van der Waals surface area contributed by atoms with Crippen molar-refractivity contribution in [2.75, 3.05) is 6.54 Å². The molecule has 0 amide bonds. The van der Waals surface area contributed by atoms with Gasteiger partial charge in [-0.2, -0.15) is 0 Å². The number of carbonyl (C=O) groups is 1. The molecule has 0 aliphatic rings. The average Bonchev–Trinajstić information content (AvgIpc) is 2.53. The van der Waals surface area contributed by atoms with Crippen LogP contribution >= 0.6 is 0 Å². The van der Waals surface area contributed by atoms with Crippen molar-refractivity contribution in [2.45, 2.75) is 6.54 Å². The lowest BCUT2D eigenvalue weighted by Crippen LogP contribution is -2.14. The quantitative estimate of drug-likeness (QED) is 0.530. The fourth-order valence-electron chi connectivity index (χ4n) is 0.956. The van der Waals surface area contributed by atoms with Crippen LogP contribution in [0.25, 0.3) is 0 Å². The molecule has 0 aromatic carbocycles. The smallest absolute Gasteiger partial charge is 0.339 e. The number of carboxylic acid groups (broad SMARTS) is 1. The van der Waals surface area contributed by atoms with Crippen LogP contribution in [-0.4, -0.2) is 17.6 Å². The summed E-state index contributed by atoms with van der Waals surface area (Å²) in [7, 11) is 0. The molecule has 0 aliphatic heterocycles. The van der Waals surface area contributed by atoms with Crippen LogP contribution in [0.4, 0.5) is 0 Å². The van der Waals surface area contributed by atoms with Crippen molar-refractivity contribution in [1.29, 1.82) is 0 Å². The normalized spacial score (nSPS) is 9.85. The lowest BCUT2D eigenvalue weighted by Gasteiger charge is -1.98. The van der Waals surface area contributed by atoms with Gasteiger partial charge in [-0.25, -0.2) is 4.79 Å². The maximum absolute atomic E-state index is 10.6. The minimum absolute atomic E-state index is 0.205. The Kier molecular flexibility index (Phi) is 3.28. The van der Waals surface area contributed by atoms with Gasteiger partial charge in [-0.1, -0.05) is 6.08 Å². The highest BCUT2D eigenvalue weighted by Gasteiger charge is 2.11. The predicted octanol–water partition coefficient (Wildman–Crippen LogP) is 1.25. The van der Waals surface area contributed by atoms with E-state index in [4.69, 9.17) is 9.52 Å². The third-order valence-corrected chi connectivity index (χ3v) is 1.55. The van der Waals surface area contributed by atoms with Gasteiger partial charge in [0, 0.05) is 6.54 Å². The molecule has 1 rings (SSSR count). The first-order chi connectivity index (χ1) is 6.25. The molecule has 1 aromatic rings. The van der Waals surface area contributed by atoms with Gasteiger partial charge in [0.25, 0.3) is 0 Å². The van der Waals surface area contributed by atoms with Crippen LogP contribution in [0.1, 0.15) is 16.1 Å². The van der Waals surface area contributed by atoms with Crippen LogP contribution in [0.2, 0.25) is 0 Å². The van der Waals surface area contributed by atoms with E-state index in [1.165, 1.54) is 12.3 Å². The summed E-state index contributed by atoms with van der Waals surface area (Å²) < 4.78 is 4.99. The first-order valence-electron chi connectivity index (χ1n) is 3.87. The zero-order valence-electron chi connectivity index (χ0n) is 7.12. The highest BCUT2D eigenvalue weighted by Crippen LogP contribution is 2.09. The minimum atomic E-state index is -0.968. The van der Waals surface area contributed by atoms with Crippen LogP contribution in [-0.2, 0) is 6.54 Å². The largest absolute Gasteiger partial charge is 0.478 e. The molecule has 70 valence electrons. The van der Waals surface area contributed by atoms with E-state index in [2.05, 4.69) is 11.9 Å². The van der Waals surface area contributed by atoms with E-state index >= 15 is 0 Å². The van der Waals surface area contributed by atoms with E-state index in [-0.39, 0.29) is 5.56 Å². The van der Waals surface area contributed by atoms with Gasteiger partial charge >= 0.3 is 5.97 Å². The van der Waals surface area contributed by atoms with Crippen molar-refractivity contribution in [2.24, 2.45) is 0 Å². The molecule has 2 N–H and O–H groups in total. The van der Waals surface area contributed by atoms with Gasteiger partial charge < -0.3 is 14.8 Å². The maximum Gasteiger partial charge on any atom is 0.339 e. The van der Waals surface area contributed by atoms with E-state index in [1.807, 2.05) is 0 Å². The zero-order valence-corrected chi connectivity index (χ0v) is 7.12. The average molecular weight is 181 g/mol. The van der Waals surface area contributed by atoms with Gasteiger partial charge in [-0.15, -0.1) is 6.58 Å². The van der Waals surface area contributed by atoms with E-state index in [0.29, 0.717) is 18.8 Å². The summed E-state index contributed by atoms with van der Waals surface area (Å²) >= 11 is 0. The second kappa shape index (κ2) is 4.47. The number of nitrogens with one attached hydrogen (secondary N) is 1. The molecule has 0 bridgehead atoms. The van der Waals surface area contributed by atoms with E-state index < -0.39 is 5.97 Å². The number of carboxylic acids is 1. The second-order valence-corrected chi connectivity index (χ2v) is 2.48. The molecule has 0 saturated carbocycles. The molecule has 4 heteroatoms. The summed E-state index contributed by atoms with van der Waals surface area (Å²) in [6.07, 6.45) is 3.07. The van der Waals surface area contributed by atoms with Gasteiger partial charge in [0.2, 0.25) is 0 Å². The molecule has 1 heterocycles. The Labute approximate surface area is 75.9 Å². The zero-order chi connectivity index (χ0) is 9.68. The van der Waals surface area contributed by atoms with E-state index in [0.717, 1.165) is 0 Å². The van der Waals surface area contributed by atoms with Crippen molar-refractivity contribution in [3.63, 3.8) is 0 Å². The summed E-state index contributed by atoms with van der Waals surface area (Å²) in [6.45, 7) is 4.56. The molecule has 0 saturated heterocycles. The Morgan fingerprint density at radius 3 is 3.15 bits per heavy atom. The molecular formula is C9H11NO3. The summed E-state index contributed by atoms with van der Waals surface area (Å²) in [5.74, 6) is -0.529. The summed E-state index contributed by atoms with van der Waals surface area (Å²) in [4.78, 5) is 10.6. The van der Waals surface area contributed by atoms with Crippen molar-refractivity contribution in [3.8, 4) is 0 Å². The molecule has 0 spiro atoms. The van der Waals surface area contributed by atoms with Crippen LogP contribution < -0.4 is 5.32 Å². The number of furan rings is 1. The van der Waals surface area contributed by atoms with Gasteiger partial charge in [0.05, 0.1) is 12.8 Å². The van der Waals surface area contributed by atoms with Crippen molar-refractivity contribution < 1.29 is 14.3 Å². The second-order valence-electron chi connectivity index (χ2n) is 2.48. The molecule has 0 aliphatic carbocycles. The van der Waals surface area contributed by atoms with Crippen molar-refractivity contribution in [3.05, 3.63) is 36.3 Å². The number of aromatic carboxylic acids is 1. The molecule has 0 radical (unpaired) electrons. The molecular weight excluding hydrogens is 170 g/mol. The fourth-order valence-corrected chi connectivity index (χ4v) is 0.956.